The summed E-state index contributed by atoms with van der Waals surface area (Å²) in [6.45, 7) is 6.95. The Hall–Kier alpha value is -1.23. The summed E-state index contributed by atoms with van der Waals surface area (Å²) in [6, 6.07) is 0. The third-order valence-corrected chi connectivity index (χ3v) is 4.00. The van der Waals surface area contributed by atoms with Crippen LogP contribution in [0.2, 0.25) is 0 Å². The SMILES string of the molecule is CC1C2=CC(CC(=O)OC(C)(C)C)=CCC2C(F)(F)C1O. The predicted octanol–water partition coefficient (Wildman–Crippen LogP) is 3.24. The van der Waals surface area contributed by atoms with Crippen molar-refractivity contribution in [3.05, 3.63) is 23.3 Å². The number of rotatable bonds is 2. The summed E-state index contributed by atoms with van der Waals surface area (Å²) in [5.74, 6) is -5.02. The predicted molar refractivity (Wildman–Crippen MR) is 74.9 cm³/mol. The molecule has 1 N–H and O–H groups in total. The van der Waals surface area contributed by atoms with Crippen molar-refractivity contribution in [3.8, 4) is 0 Å². The minimum absolute atomic E-state index is 0.0713. The molecule has 0 aromatic rings. The molecule has 0 spiro atoms. The molecule has 0 saturated heterocycles. The molecule has 2 rings (SSSR count). The molecule has 0 aromatic heterocycles. The van der Waals surface area contributed by atoms with E-state index in [1.807, 2.05) is 0 Å². The lowest BCUT2D eigenvalue weighted by Gasteiger charge is -2.24. The Morgan fingerprint density at radius 2 is 2.10 bits per heavy atom. The zero-order chi connectivity index (χ0) is 16.0. The summed E-state index contributed by atoms with van der Waals surface area (Å²) in [5.41, 5.74) is 0.659. The summed E-state index contributed by atoms with van der Waals surface area (Å²) >= 11 is 0. The number of aliphatic hydroxyl groups is 1. The number of carbonyl (C=O) groups is 1. The lowest BCUT2D eigenvalue weighted by molar-refractivity contribution is -0.153. The number of allylic oxidation sites excluding steroid dienone is 2. The normalized spacial score (nSPS) is 31.3. The van der Waals surface area contributed by atoms with Crippen LogP contribution in [0.1, 0.15) is 40.5 Å². The van der Waals surface area contributed by atoms with E-state index in [0.29, 0.717) is 11.1 Å². The minimum atomic E-state index is -3.10. The first-order valence-electron chi connectivity index (χ1n) is 7.20. The van der Waals surface area contributed by atoms with Crippen LogP contribution in [-0.4, -0.2) is 28.7 Å². The summed E-state index contributed by atoms with van der Waals surface area (Å²) < 4.78 is 33.1. The van der Waals surface area contributed by atoms with Crippen molar-refractivity contribution in [2.24, 2.45) is 11.8 Å². The van der Waals surface area contributed by atoms with Crippen LogP contribution in [0, 0.1) is 11.8 Å². The van der Waals surface area contributed by atoms with Crippen molar-refractivity contribution in [1.29, 1.82) is 0 Å². The second-order valence-corrected chi connectivity index (χ2v) is 6.88. The molecule has 3 atom stereocenters. The topological polar surface area (TPSA) is 46.5 Å². The van der Waals surface area contributed by atoms with E-state index in [1.165, 1.54) is 0 Å². The van der Waals surface area contributed by atoms with E-state index in [0.717, 1.165) is 0 Å². The first-order valence-corrected chi connectivity index (χ1v) is 7.20. The highest BCUT2D eigenvalue weighted by Crippen LogP contribution is 2.51. The molecule has 0 aliphatic heterocycles. The first kappa shape index (κ1) is 16.1. The molecule has 3 unspecified atom stereocenters. The lowest BCUT2D eigenvalue weighted by Crippen LogP contribution is -2.35. The number of fused-ring (bicyclic) bond motifs is 1. The quantitative estimate of drug-likeness (QED) is 0.796. The van der Waals surface area contributed by atoms with Gasteiger partial charge in [-0.3, -0.25) is 4.79 Å². The fourth-order valence-electron chi connectivity index (χ4n) is 3.00. The van der Waals surface area contributed by atoms with Crippen LogP contribution in [0.15, 0.2) is 23.3 Å². The number of halogens is 2. The van der Waals surface area contributed by atoms with E-state index in [4.69, 9.17) is 4.74 Å². The second-order valence-electron chi connectivity index (χ2n) is 6.88. The van der Waals surface area contributed by atoms with Crippen molar-refractivity contribution in [2.75, 3.05) is 0 Å². The van der Waals surface area contributed by atoms with Crippen LogP contribution in [0.4, 0.5) is 8.78 Å². The van der Waals surface area contributed by atoms with Crippen LogP contribution in [0.3, 0.4) is 0 Å². The summed E-state index contributed by atoms with van der Waals surface area (Å²) in [5, 5.41) is 9.67. The van der Waals surface area contributed by atoms with Crippen molar-refractivity contribution in [1.82, 2.24) is 0 Å². The fraction of sp³-hybridized carbons (Fsp3) is 0.688. The standard InChI is InChI=1S/C16H22F2O3/c1-9-11-7-10(8-13(19)21-15(2,3)4)5-6-12(11)16(17,18)14(9)20/h5,7,9,12,14,20H,6,8H2,1-4H3. The number of hydrogen-bond donors (Lipinski definition) is 1. The Balaban J connectivity index is 2.11. The van der Waals surface area contributed by atoms with Gasteiger partial charge in [0, 0.05) is 5.92 Å². The van der Waals surface area contributed by atoms with Gasteiger partial charge < -0.3 is 9.84 Å². The van der Waals surface area contributed by atoms with Gasteiger partial charge in [0.1, 0.15) is 11.7 Å². The maximum absolute atomic E-state index is 13.9. The second kappa shape index (κ2) is 5.20. The third-order valence-electron chi connectivity index (χ3n) is 4.00. The zero-order valence-corrected chi connectivity index (χ0v) is 12.8. The lowest BCUT2D eigenvalue weighted by atomic mass is 9.86. The van der Waals surface area contributed by atoms with Gasteiger partial charge in [-0.1, -0.05) is 24.6 Å². The van der Waals surface area contributed by atoms with Gasteiger partial charge in [-0.05, 0) is 32.8 Å². The molecule has 0 heterocycles. The van der Waals surface area contributed by atoms with Gasteiger partial charge in [0.25, 0.3) is 5.92 Å². The molecule has 1 saturated carbocycles. The molecule has 0 aromatic carbocycles. The van der Waals surface area contributed by atoms with Gasteiger partial charge in [0.15, 0.2) is 0 Å². The average Bonchev–Trinajstić information content (AvgIpc) is 2.49. The van der Waals surface area contributed by atoms with Crippen LogP contribution in [0.5, 0.6) is 0 Å². The zero-order valence-electron chi connectivity index (χ0n) is 12.8. The van der Waals surface area contributed by atoms with Crippen LogP contribution >= 0.6 is 0 Å². The van der Waals surface area contributed by atoms with Gasteiger partial charge >= 0.3 is 5.97 Å². The highest BCUT2D eigenvalue weighted by Gasteiger charge is 2.57. The first-order chi connectivity index (χ1) is 9.52. The van der Waals surface area contributed by atoms with Crippen molar-refractivity contribution >= 4 is 5.97 Å². The number of ether oxygens (including phenoxy) is 1. The molecule has 2 aliphatic carbocycles. The van der Waals surface area contributed by atoms with Crippen LogP contribution < -0.4 is 0 Å². The molecule has 3 nitrogen and oxygen atoms in total. The van der Waals surface area contributed by atoms with E-state index in [1.54, 1.807) is 39.8 Å². The summed E-state index contributed by atoms with van der Waals surface area (Å²) in [7, 11) is 0. The third kappa shape index (κ3) is 3.18. The Bertz CT molecular complexity index is 500. The molecule has 0 amide bonds. The van der Waals surface area contributed by atoms with E-state index in [2.05, 4.69) is 0 Å². The van der Waals surface area contributed by atoms with Gasteiger partial charge in [0.05, 0.1) is 12.3 Å². The Morgan fingerprint density at radius 3 is 2.67 bits per heavy atom. The molecule has 2 aliphatic rings. The van der Waals surface area contributed by atoms with Crippen LogP contribution in [0.25, 0.3) is 0 Å². The Morgan fingerprint density at radius 1 is 1.48 bits per heavy atom. The van der Waals surface area contributed by atoms with E-state index in [-0.39, 0.29) is 18.8 Å². The van der Waals surface area contributed by atoms with Crippen LogP contribution in [-0.2, 0) is 9.53 Å². The molecule has 0 radical (unpaired) electrons. The Kier molecular flexibility index (Phi) is 4.00. The smallest absolute Gasteiger partial charge is 0.310 e. The van der Waals surface area contributed by atoms with Gasteiger partial charge in [-0.2, -0.15) is 0 Å². The summed E-state index contributed by atoms with van der Waals surface area (Å²) in [4.78, 5) is 11.8. The number of carbonyl (C=O) groups excluding carboxylic acids is 1. The monoisotopic (exact) mass is 300 g/mol. The maximum Gasteiger partial charge on any atom is 0.310 e. The van der Waals surface area contributed by atoms with Crippen molar-refractivity contribution in [3.63, 3.8) is 0 Å². The molecular weight excluding hydrogens is 278 g/mol. The number of alkyl halides is 2. The molecule has 1 fully saturated rings. The van der Waals surface area contributed by atoms with Gasteiger partial charge in [0.2, 0.25) is 0 Å². The van der Waals surface area contributed by atoms with Crippen molar-refractivity contribution < 1.29 is 23.4 Å². The number of esters is 1. The fourth-order valence-corrected chi connectivity index (χ4v) is 3.00. The molecule has 118 valence electrons. The molecule has 21 heavy (non-hydrogen) atoms. The molecule has 5 heteroatoms. The van der Waals surface area contributed by atoms with E-state index < -0.39 is 29.5 Å². The maximum atomic E-state index is 13.9. The van der Waals surface area contributed by atoms with E-state index in [9.17, 15) is 18.7 Å². The Labute approximate surface area is 123 Å². The number of hydrogen-bond acceptors (Lipinski definition) is 3. The molecular formula is C16H22F2O3. The largest absolute Gasteiger partial charge is 0.460 e. The summed E-state index contributed by atoms with van der Waals surface area (Å²) in [6.07, 6.45) is 1.85. The highest BCUT2D eigenvalue weighted by atomic mass is 19.3. The molecule has 0 bridgehead atoms. The average molecular weight is 300 g/mol. The number of aliphatic hydroxyl groups excluding tert-OH is 1. The van der Waals surface area contributed by atoms with E-state index >= 15 is 0 Å². The van der Waals surface area contributed by atoms with Gasteiger partial charge in [-0.15, -0.1) is 0 Å². The minimum Gasteiger partial charge on any atom is -0.460 e. The highest BCUT2D eigenvalue weighted by molar-refractivity contribution is 5.74. The van der Waals surface area contributed by atoms with Crippen molar-refractivity contribution in [2.45, 2.75) is 58.2 Å². The van der Waals surface area contributed by atoms with Gasteiger partial charge in [-0.25, -0.2) is 8.78 Å².